The number of phenolic OH excluding ortho intramolecular Hbond substituents is 1. The fraction of sp³-hybridized carbons (Fsp3) is 0.632. The van der Waals surface area contributed by atoms with Gasteiger partial charge in [0.1, 0.15) is 11.9 Å². The second kappa shape index (κ2) is 5.23. The molecule has 2 aliphatic rings. The summed E-state index contributed by atoms with van der Waals surface area (Å²) >= 11 is 0. The normalized spacial score (nSPS) is 29.8. The molecule has 1 saturated heterocycles. The quantitative estimate of drug-likeness (QED) is 0.912. The van der Waals surface area contributed by atoms with Crippen molar-refractivity contribution >= 4 is 5.91 Å². The van der Waals surface area contributed by atoms with Crippen molar-refractivity contribution in [1.82, 2.24) is 4.90 Å². The predicted molar refractivity (Wildman–Crippen MR) is 89.5 cm³/mol. The summed E-state index contributed by atoms with van der Waals surface area (Å²) in [5.74, 6) is 0.456. The smallest absolute Gasteiger partial charge is 0.251 e. The Morgan fingerprint density at radius 2 is 2.09 bits per heavy atom. The number of phenols is 1. The first-order valence-electron chi connectivity index (χ1n) is 8.38. The summed E-state index contributed by atoms with van der Waals surface area (Å²) < 4.78 is 5.25. The Bertz CT molecular complexity index is 640. The number of fused-ring (bicyclic) bond motifs is 4. The lowest BCUT2D eigenvalue weighted by Gasteiger charge is -2.61. The minimum atomic E-state index is -0.416. The van der Waals surface area contributed by atoms with E-state index in [0.717, 1.165) is 18.4 Å². The Balaban J connectivity index is 2.09. The van der Waals surface area contributed by atoms with Gasteiger partial charge >= 0.3 is 0 Å². The molecule has 2 bridgehead atoms. The molecule has 1 fully saturated rings. The molecule has 4 heteroatoms. The van der Waals surface area contributed by atoms with Gasteiger partial charge in [0.15, 0.2) is 0 Å². The average Bonchev–Trinajstić information content (AvgIpc) is 2.49. The zero-order chi connectivity index (χ0) is 17.0. The van der Waals surface area contributed by atoms with Gasteiger partial charge in [0, 0.05) is 30.7 Å². The number of benzene rings is 1. The van der Waals surface area contributed by atoms with Crippen molar-refractivity contribution in [2.45, 2.75) is 58.1 Å². The van der Waals surface area contributed by atoms with Crippen LogP contribution in [-0.2, 0) is 21.4 Å². The topological polar surface area (TPSA) is 49.8 Å². The summed E-state index contributed by atoms with van der Waals surface area (Å²) in [6, 6.07) is 5.89. The van der Waals surface area contributed by atoms with Crippen LogP contribution in [0.15, 0.2) is 18.2 Å². The number of rotatable bonds is 2. The third kappa shape index (κ3) is 2.11. The average molecular weight is 317 g/mol. The number of piperidine rings is 1. The lowest BCUT2D eigenvalue weighted by atomic mass is 9.50. The second-order valence-electron chi connectivity index (χ2n) is 7.74. The molecular formula is C19H27NO3. The van der Waals surface area contributed by atoms with Crippen LogP contribution in [0.2, 0.25) is 0 Å². The molecule has 0 radical (unpaired) electrons. The van der Waals surface area contributed by atoms with Crippen molar-refractivity contribution in [3.05, 3.63) is 29.3 Å². The van der Waals surface area contributed by atoms with Crippen LogP contribution < -0.4 is 0 Å². The van der Waals surface area contributed by atoms with E-state index in [4.69, 9.17) is 4.74 Å². The van der Waals surface area contributed by atoms with Gasteiger partial charge in [-0.3, -0.25) is 4.79 Å². The summed E-state index contributed by atoms with van der Waals surface area (Å²) in [5, 5.41) is 10.5. The minimum absolute atomic E-state index is 0.0660. The summed E-state index contributed by atoms with van der Waals surface area (Å²) in [5.41, 5.74) is 2.00. The third-order valence-electron chi connectivity index (χ3n) is 6.56. The van der Waals surface area contributed by atoms with E-state index in [1.165, 1.54) is 5.56 Å². The molecule has 1 aliphatic carbocycles. The highest BCUT2D eigenvalue weighted by Crippen LogP contribution is 2.58. The Labute approximate surface area is 138 Å². The molecule has 126 valence electrons. The standard InChI is InChI=1S/C19H27NO3/c1-12(23-5)17(22)20-10-9-19(4)16-13(7-6-8-14(16)21)11-15(20)18(19,2)3/h6-8,12,15,21H,9-11H2,1-5H3/t12?,15-,19+/m1/s1. The third-order valence-corrected chi connectivity index (χ3v) is 6.56. The van der Waals surface area contributed by atoms with Crippen LogP contribution in [-0.4, -0.2) is 41.7 Å². The van der Waals surface area contributed by atoms with Crippen molar-refractivity contribution in [3.8, 4) is 5.75 Å². The SMILES string of the molecule is COC(C)C(=O)N1CC[C@@]2(C)c3c(O)cccc3C[C@@H]1C2(C)C. The molecule has 1 aliphatic heterocycles. The second-order valence-corrected chi connectivity index (χ2v) is 7.74. The van der Waals surface area contributed by atoms with Gasteiger partial charge in [-0.25, -0.2) is 0 Å². The molecule has 4 nitrogen and oxygen atoms in total. The Kier molecular flexibility index (Phi) is 3.71. The van der Waals surface area contributed by atoms with Gasteiger partial charge in [-0.1, -0.05) is 32.9 Å². The maximum Gasteiger partial charge on any atom is 0.251 e. The Morgan fingerprint density at radius 1 is 1.39 bits per heavy atom. The highest BCUT2D eigenvalue weighted by Gasteiger charge is 2.57. The zero-order valence-electron chi connectivity index (χ0n) is 14.7. The first kappa shape index (κ1) is 16.3. The van der Waals surface area contributed by atoms with Crippen LogP contribution in [0.25, 0.3) is 0 Å². The molecule has 3 rings (SSSR count). The van der Waals surface area contributed by atoms with E-state index in [0.29, 0.717) is 12.3 Å². The maximum atomic E-state index is 12.8. The van der Waals surface area contributed by atoms with Crippen LogP contribution in [0.5, 0.6) is 5.75 Å². The van der Waals surface area contributed by atoms with Crippen LogP contribution in [0.1, 0.15) is 45.2 Å². The molecule has 0 spiro atoms. The number of hydrogen-bond donors (Lipinski definition) is 1. The van der Waals surface area contributed by atoms with Gasteiger partial charge in [0.2, 0.25) is 0 Å². The highest BCUT2D eigenvalue weighted by atomic mass is 16.5. The van der Waals surface area contributed by atoms with Crippen LogP contribution in [0.4, 0.5) is 0 Å². The van der Waals surface area contributed by atoms with Crippen molar-refractivity contribution in [2.75, 3.05) is 13.7 Å². The maximum absolute atomic E-state index is 12.8. The van der Waals surface area contributed by atoms with E-state index >= 15 is 0 Å². The number of carbonyl (C=O) groups excluding carboxylic acids is 1. The summed E-state index contributed by atoms with van der Waals surface area (Å²) in [6.07, 6.45) is 1.22. The number of aromatic hydroxyl groups is 1. The number of amides is 1. The molecule has 3 atom stereocenters. The van der Waals surface area contributed by atoms with E-state index in [1.807, 2.05) is 17.9 Å². The number of carbonyl (C=O) groups is 1. The fourth-order valence-corrected chi connectivity index (χ4v) is 4.59. The van der Waals surface area contributed by atoms with Crippen LogP contribution in [0.3, 0.4) is 0 Å². The molecule has 23 heavy (non-hydrogen) atoms. The molecular weight excluding hydrogens is 290 g/mol. The summed E-state index contributed by atoms with van der Waals surface area (Å²) in [4.78, 5) is 14.8. The van der Waals surface area contributed by atoms with E-state index in [1.54, 1.807) is 13.2 Å². The number of likely N-dealkylation sites (tertiary alicyclic amines) is 1. The number of nitrogens with zero attached hydrogens (tertiary/aromatic N) is 1. The molecule has 1 aromatic rings. The zero-order valence-corrected chi connectivity index (χ0v) is 14.7. The van der Waals surface area contributed by atoms with Gasteiger partial charge in [0.05, 0.1) is 0 Å². The van der Waals surface area contributed by atoms with Crippen LogP contribution >= 0.6 is 0 Å². The number of ether oxygens (including phenoxy) is 1. The first-order chi connectivity index (χ1) is 10.7. The largest absolute Gasteiger partial charge is 0.508 e. The van der Waals surface area contributed by atoms with Crippen molar-refractivity contribution in [1.29, 1.82) is 0 Å². The van der Waals surface area contributed by atoms with Gasteiger partial charge < -0.3 is 14.7 Å². The summed E-state index contributed by atoms with van der Waals surface area (Å²) in [7, 11) is 1.58. The van der Waals surface area contributed by atoms with Crippen molar-refractivity contribution in [3.63, 3.8) is 0 Å². The monoisotopic (exact) mass is 317 g/mol. The van der Waals surface area contributed by atoms with Gasteiger partial charge in [-0.05, 0) is 36.8 Å². The lowest BCUT2D eigenvalue weighted by Crippen LogP contribution is -2.65. The number of hydrogen-bond acceptors (Lipinski definition) is 3. The first-order valence-corrected chi connectivity index (χ1v) is 8.38. The van der Waals surface area contributed by atoms with E-state index in [2.05, 4.69) is 26.8 Å². The van der Waals surface area contributed by atoms with E-state index < -0.39 is 6.10 Å². The Hall–Kier alpha value is -1.55. The molecule has 1 amide bonds. The predicted octanol–water partition coefficient (Wildman–Crippen LogP) is 2.87. The minimum Gasteiger partial charge on any atom is -0.508 e. The van der Waals surface area contributed by atoms with Gasteiger partial charge in [-0.2, -0.15) is 0 Å². The highest BCUT2D eigenvalue weighted by molar-refractivity contribution is 5.81. The van der Waals surface area contributed by atoms with Crippen molar-refractivity contribution < 1.29 is 14.6 Å². The van der Waals surface area contributed by atoms with Gasteiger partial charge in [-0.15, -0.1) is 0 Å². The fourth-order valence-electron chi connectivity index (χ4n) is 4.59. The summed E-state index contributed by atoms with van der Waals surface area (Å²) in [6.45, 7) is 9.21. The molecule has 1 N–H and O–H groups in total. The van der Waals surface area contributed by atoms with E-state index in [-0.39, 0.29) is 22.8 Å². The molecule has 0 aromatic heterocycles. The lowest BCUT2D eigenvalue weighted by molar-refractivity contribution is -0.153. The Morgan fingerprint density at radius 3 is 2.74 bits per heavy atom. The van der Waals surface area contributed by atoms with E-state index in [9.17, 15) is 9.90 Å². The molecule has 1 unspecified atom stereocenters. The molecule has 1 aromatic carbocycles. The van der Waals surface area contributed by atoms with Crippen LogP contribution in [0, 0.1) is 5.41 Å². The number of methoxy groups -OCH3 is 1. The van der Waals surface area contributed by atoms with Gasteiger partial charge in [0.25, 0.3) is 5.91 Å². The van der Waals surface area contributed by atoms with Crippen molar-refractivity contribution in [2.24, 2.45) is 5.41 Å². The molecule has 0 saturated carbocycles. The molecule has 1 heterocycles.